The summed E-state index contributed by atoms with van der Waals surface area (Å²) in [5, 5.41) is 8.65. The van der Waals surface area contributed by atoms with Gasteiger partial charge < -0.3 is 5.32 Å². The van der Waals surface area contributed by atoms with Gasteiger partial charge in [0.2, 0.25) is 0 Å². The number of hydrogen-bond donors (Lipinski definition) is 1. The largest absolute Gasteiger partial charge is 0.334 e. The van der Waals surface area contributed by atoms with Crippen molar-refractivity contribution in [2.45, 2.75) is 26.7 Å². The molecule has 1 aromatic heterocycles. The average Bonchev–Trinajstić information content (AvgIpc) is 2.83. The first-order valence-corrected chi connectivity index (χ1v) is 7.67. The lowest BCUT2D eigenvalue weighted by atomic mass is 9.84. The molecule has 0 unspecified atom stereocenters. The van der Waals surface area contributed by atoms with Gasteiger partial charge >= 0.3 is 0 Å². The molecule has 1 N–H and O–H groups in total. The molecule has 0 bridgehead atoms. The van der Waals surface area contributed by atoms with Crippen molar-refractivity contribution in [3.05, 3.63) is 16.8 Å². The van der Waals surface area contributed by atoms with Crippen LogP contribution in [0.3, 0.4) is 0 Å². The zero-order valence-electron chi connectivity index (χ0n) is 9.82. The predicted molar refractivity (Wildman–Crippen MR) is 75.7 cm³/mol. The van der Waals surface area contributed by atoms with Crippen LogP contribution in [0.15, 0.2) is 21.8 Å². The van der Waals surface area contributed by atoms with Crippen LogP contribution in [0.1, 0.15) is 26.7 Å². The van der Waals surface area contributed by atoms with Gasteiger partial charge in [-0.2, -0.15) is 11.3 Å². The van der Waals surface area contributed by atoms with Crippen LogP contribution in [0, 0.1) is 5.41 Å². The standard InChI is InChI=1S/C12H18N2S2/c1-3-12(4-2)8-13-11(16-9-12)14-10-5-6-15-7-10/h5-7H,3-4,8-9H2,1-2H3,(H,13,14). The van der Waals surface area contributed by atoms with Gasteiger partial charge in [0.05, 0.1) is 5.69 Å². The topological polar surface area (TPSA) is 24.4 Å². The molecule has 0 aromatic carbocycles. The first kappa shape index (κ1) is 12.0. The summed E-state index contributed by atoms with van der Waals surface area (Å²) < 4.78 is 0. The van der Waals surface area contributed by atoms with Crippen molar-refractivity contribution >= 4 is 34.0 Å². The zero-order chi connectivity index (χ0) is 11.4. The minimum Gasteiger partial charge on any atom is -0.334 e. The fraction of sp³-hybridized carbons (Fsp3) is 0.583. The van der Waals surface area contributed by atoms with Gasteiger partial charge in [0, 0.05) is 17.7 Å². The van der Waals surface area contributed by atoms with E-state index < -0.39 is 0 Å². The van der Waals surface area contributed by atoms with Crippen LogP contribution in [0.25, 0.3) is 0 Å². The molecule has 2 heterocycles. The van der Waals surface area contributed by atoms with E-state index >= 15 is 0 Å². The van der Waals surface area contributed by atoms with Crippen molar-refractivity contribution in [1.82, 2.24) is 0 Å². The lowest BCUT2D eigenvalue weighted by Crippen LogP contribution is -2.31. The highest BCUT2D eigenvalue weighted by Crippen LogP contribution is 2.35. The molecule has 88 valence electrons. The minimum absolute atomic E-state index is 0.435. The van der Waals surface area contributed by atoms with Gasteiger partial charge in [-0.3, -0.25) is 4.99 Å². The van der Waals surface area contributed by atoms with Crippen LogP contribution in [-0.4, -0.2) is 17.5 Å². The van der Waals surface area contributed by atoms with E-state index in [-0.39, 0.29) is 0 Å². The summed E-state index contributed by atoms with van der Waals surface area (Å²) in [7, 11) is 0. The van der Waals surface area contributed by atoms with Crippen LogP contribution in [-0.2, 0) is 0 Å². The van der Waals surface area contributed by atoms with Gasteiger partial charge in [-0.05, 0) is 29.7 Å². The van der Waals surface area contributed by atoms with Crippen LogP contribution < -0.4 is 5.32 Å². The second kappa shape index (κ2) is 5.23. The Bertz CT molecular complexity index is 353. The summed E-state index contributed by atoms with van der Waals surface area (Å²) in [5.74, 6) is 1.19. The van der Waals surface area contributed by atoms with E-state index in [1.807, 2.05) is 11.8 Å². The molecule has 0 saturated heterocycles. The first-order chi connectivity index (χ1) is 7.78. The molecule has 2 rings (SSSR count). The number of anilines is 1. The Morgan fingerprint density at radius 2 is 2.25 bits per heavy atom. The Labute approximate surface area is 106 Å². The molecule has 0 fully saturated rings. The van der Waals surface area contributed by atoms with Crippen molar-refractivity contribution in [2.75, 3.05) is 17.6 Å². The number of nitrogens with zero attached hydrogens (tertiary/aromatic N) is 1. The predicted octanol–water partition coefficient (Wildman–Crippen LogP) is 4.07. The summed E-state index contributed by atoms with van der Waals surface area (Å²) in [5.41, 5.74) is 1.60. The summed E-state index contributed by atoms with van der Waals surface area (Å²) in [6.45, 7) is 5.52. The number of thioether (sulfide) groups is 1. The van der Waals surface area contributed by atoms with Crippen LogP contribution in [0.2, 0.25) is 0 Å². The molecule has 0 aliphatic carbocycles. The summed E-state index contributed by atoms with van der Waals surface area (Å²) >= 11 is 3.57. The number of amidine groups is 1. The molecular formula is C12H18N2S2. The highest BCUT2D eigenvalue weighted by atomic mass is 32.2. The number of thiophene rings is 1. The normalized spacial score (nSPS) is 19.2. The summed E-state index contributed by atoms with van der Waals surface area (Å²) in [4.78, 5) is 4.67. The van der Waals surface area contributed by atoms with Gasteiger partial charge in [-0.1, -0.05) is 25.6 Å². The van der Waals surface area contributed by atoms with E-state index in [4.69, 9.17) is 0 Å². The van der Waals surface area contributed by atoms with Crippen molar-refractivity contribution in [3.8, 4) is 0 Å². The molecule has 1 aromatic rings. The maximum Gasteiger partial charge on any atom is 0.161 e. The quantitative estimate of drug-likeness (QED) is 0.879. The second-order valence-electron chi connectivity index (χ2n) is 4.25. The molecule has 1 aliphatic heterocycles. The van der Waals surface area contributed by atoms with Gasteiger partial charge in [0.25, 0.3) is 0 Å². The van der Waals surface area contributed by atoms with E-state index in [9.17, 15) is 0 Å². The van der Waals surface area contributed by atoms with E-state index in [0.717, 1.165) is 17.4 Å². The SMILES string of the molecule is CCC1(CC)CN=C(Nc2ccsc2)SC1. The van der Waals surface area contributed by atoms with E-state index in [0.29, 0.717) is 5.41 Å². The van der Waals surface area contributed by atoms with Crippen molar-refractivity contribution in [1.29, 1.82) is 0 Å². The molecule has 0 saturated carbocycles. The third kappa shape index (κ3) is 2.61. The zero-order valence-corrected chi connectivity index (χ0v) is 11.5. The van der Waals surface area contributed by atoms with E-state index in [2.05, 4.69) is 41.0 Å². The molecule has 0 amide bonds. The lowest BCUT2D eigenvalue weighted by molar-refractivity contribution is 0.318. The van der Waals surface area contributed by atoms with Crippen molar-refractivity contribution in [2.24, 2.45) is 10.4 Å². The fourth-order valence-corrected chi connectivity index (χ4v) is 3.64. The highest BCUT2D eigenvalue weighted by Gasteiger charge is 2.30. The van der Waals surface area contributed by atoms with Crippen molar-refractivity contribution < 1.29 is 0 Å². The van der Waals surface area contributed by atoms with Crippen LogP contribution in [0.5, 0.6) is 0 Å². The molecule has 0 radical (unpaired) electrons. The minimum atomic E-state index is 0.435. The lowest BCUT2D eigenvalue weighted by Gasteiger charge is -2.33. The Morgan fingerprint density at radius 3 is 2.75 bits per heavy atom. The molecular weight excluding hydrogens is 236 g/mol. The van der Waals surface area contributed by atoms with Gasteiger partial charge in [-0.15, -0.1) is 0 Å². The number of nitrogens with one attached hydrogen (secondary N) is 1. The van der Waals surface area contributed by atoms with Crippen LogP contribution >= 0.6 is 23.1 Å². The van der Waals surface area contributed by atoms with Gasteiger partial charge in [0.15, 0.2) is 5.17 Å². The van der Waals surface area contributed by atoms with Crippen LogP contribution in [0.4, 0.5) is 5.69 Å². The maximum atomic E-state index is 4.67. The third-order valence-corrected chi connectivity index (χ3v) is 5.29. The summed E-state index contributed by atoms with van der Waals surface area (Å²) in [6.07, 6.45) is 2.46. The van der Waals surface area contributed by atoms with E-state index in [1.54, 1.807) is 11.3 Å². The maximum absolute atomic E-state index is 4.67. The Morgan fingerprint density at radius 1 is 1.44 bits per heavy atom. The molecule has 2 nitrogen and oxygen atoms in total. The van der Waals surface area contributed by atoms with Gasteiger partial charge in [-0.25, -0.2) is 0 Å². The molecule has 1 aliphatic rings. The van der Waals surface area contributed by atoms with Crippen molar-refractivity contribution in [3.63, 3.8) is 0 Å². The monoisotopic (exact) mass is 254 g/mol. The molecule has 0 atom stereocenters. The second-order valence-corrected chi connectivity index (χ2v) is 6.00. The average molecular weight is 254 g/mol. The smallest absolute Gasteiger partial charge is 0.161 e. The number of hydrogen-bond acceptors (Lipinski definition) is 4. The third-order valence-electron chi connectivity index (χ3n) is 3.35. The van der Waals surface area contributed by atoms with Gasteiger partial charge in [0.1, 0.15) is 0 Å². The number of aliphatic imine (C=N–C) groups is 1. The summed E-state index contributed by atoms with van der Waals surface area (Å²) in [6, 6.07) is 2.09. The number of rotatable bonds is 3. The molecule has 16 heavy (non-hydrogen) atoms. The molecule has 0 spiro atoms. The van der Waals surface area contributed by atoms with E-state index in [1.165, 1.54) is 18.6 Å². The Hall–Kier alpha value is -0.480. The fourth-order valence-electron chi connectivity index (χ4n) is 1.76. The Kier molecular flexibility index (Phi) is 3.92. The first-order valence-electron chi connectivity index (χ1n) is 5.74. The Balaban J connectivity index is 1.98. The molecule has 4 heteroatoms. The highest BCUT2D eigenvalue weighted by molar-refractivity contribution is 8.14.